The van der Waals surface area contributed by atoms with Crippen LogP contribution in [0.4, 0.5) is 5.69 Å². The van der Waals surface area contributed by atoms with Crippen LogP contribution in [-0.4, -0.2) is 44.3 Å². The number of ether oxygens (including phenoxy) is 1. The molecule has 1 N–H and O–H groups in total. The Balaban J connectivity index is 1.64. The number of methoxy groups -OCH3 is 1. The molecule has 0 radical (unpaired) electrons. The standard InChI is InChI=1S/C16H24N2O/c1-12-7-8-18(11-16(12)19-2)10-13-9-17-15-6-4-3-5-14(13)15/h3-6,12-13,16-17H,7-11H2,1-2H3. The van der Waals surface area contributed by atoms with Crippen molar-refractivity contribution in [2.45, 2.75) is 25.4 Å². The van der Waals surface area contributed by atoms with Gasteiger partial charge in [-0.05, 0) is 30.5 Å². The van der Waals surface area contributed by atoms with Crippen molar-refractivity contribution in [1.29, 1.82) is 0 Å². The molecule has 0 amide bonds. The van der Waals surface area contributed by atoms with Crippen LogP contribution in [-0.2, 0) is 4.74 Å². The summed E-state index contributed by atoms with van der Waals surface area (Å²) in [4.78, 5) is 2.57. The zero-order chi connectivity index (χ0) is 13.2. The molecular formula is C16H24N2O. The smallest absolute Gasteiger partial charge is 0.0724 e. The third-order valence-corrected chi connectivity index (χ3v) is 4.69. The first kappa shape index (κ1) is 12.9. The second-order valence-electron chi connectivity index (χ2n) is 5.96. The lowest BCUT2D eigenvalue weighted by atomic mass is 9.94. The van der Waals surface area contributed by atoms with Crippen molar-refractivity contribution in [3.05, 3.63) is 29.8 Å². The number of hydrogen-bond donors (Lipinski definition) is 1. The highest BCUT2D eigenvalue weighted by atomic mass is 16.5. The molecule has 1 aromatic rings. The molecule has 1 saturated heterocycles. The maximum atomic E-state index is 5.61. The van der Waals surface area contributed by atoms with Gasteiger partial charge in [-0.25, -0.2) is 0 Å². The van der Waals surface area contributed by atoms with Gasteiger partial charge in [-0.2, -0.15) is 0 Å². The number of likely N-dealkylation sites (tertiary alicyclic amines) is 1. The molecule has 2 heterocycles. The van der Waals surface area contributed by atoms with E-state index in [-0.39, 0.29) is 0 Å². The molecule has 0 saturated carbocycles. The highest BCUT2D eigenvalue weighted by molar-refractivity contribution is 5.57. The minimum atomic E-state index is 0.401. The van der Waals surface area contributed by atoms with E-state index in [1.54, 1.807) is 0 Å². The van der Waals surface area contributed by atoms with E-state index < -0.39 is 0 Å². The van der Waals surface area contributed by atoms with Crippen molar-refractivity contribution in [3.63, 3.8) is 0 Å². The Morgan fingerprint density at radius 3 is 3.05 bits per heavy atom. The van der Waals surface area contributed by atoms with E-state index in [0.29, 0.717) is 17.9 Å². The summed E-state index contributed by atoms with van der Waals surface area (Å²) in [5, 5.41) is 3.52. The number of nitrogens with one attached hydrogen (secondary N) is 1. The van der Waals surface area contributed by atoms with Crippen LogP contribution in [0.5, 0.6) is 0 Å². The summed E-state index contributed by atoms with van der Waals surface area (Å²) in [5.41, 5.74) is 2.80. The summed E-state index contributed by atoms with van der Waals surface area (Å²) < 4.78 is 5.61. The number of benzene rings is 1. The average molecular weight is 260 g/mol. The minimum absolute atomic E-state index is 0.401. The lowest BCUT2D eigenvalue weighted by Crippen LogP contribution is -2.45. The molecule has 3 nitrogen and oxygen atoms in total. The second-order valence-corrected chi connectivity index (χ2v) is 5.96. The van der Waals surface area contributed by atoms with Gasteiger partial charge in [-0.1, -0.05) is 25.1 Å². The summed E-state index contributed by atoms with van der Waals surface area (Å²) in [7, 11) is 1.84. The summed E-state index contributed by atoms with van der Waals surface area (Å²) >= 11 is 0. The van der Waals surface area contributed by atoms with Gasteiger partial charge in [0.1, 0.15) is 0 Å². The Morgan fingerprint density at radius 1 is 1.37 bits per heavy atom. The first-order chi connectivity index (χ1) is 9.28. The highest BCUT2D eigenvalue weighted by Gasteiger charge is 2.29. The monoisotopic (exact) mass is 260 g/mol. The van der Waals surface area contributed by atoms with Crippen LogP contribution in [0.1, 0.15) is 24.8 Å². The van der Waals surface area contributed by atoms with Crippen LogP contribution >= 0.6 is 0 Å². The van der Waals surface area contributed by atoms with E-state index in [1.807, 2.05) is 7.11 Å². The van der Waals surface area contributed by atoms with Gasteiger partial charge in [0.15, 0.2) is 0 Å². The quantitative estimate of drug-likeness (QED) is 0.904. The molecule has 19 heavy (non-hydrogen) atoms. The number of hydrogen-bond acceptors (Lipinski definition) is 3. The molecule has 0 bridgehead atoms. The van der Waals surface area contributed by atoms with Crippen molar-refractivity contribution in [1.82, 2.24) is 4.90 Å². The van der Waals surface area contributed by atoms with E-state index in [0.717, 1.165) is 19.6 Å². The Kier molecular flexibility index (Phi) is 3.76. The molecule has 2 aliphatic heterocycles. The summed E-state index contributed by atoms with van der Waals surface area (Å²) in [6, 6.07) is 8.71. The van der Waals surface area contributed by atoms with Crippen molar-refractivity contribution in [2.24, 2.45) is 5.92 Å². The highest BCUT2D eigenvalue weighted by Crippen LogP contribution is 2.32. The van der Waals surface area contributed by atoms with E-state index in [1.165, 1.54) is 24.2 Å². The molecule has 0 spiro atoms. The predicted octanol–water partition coefficient (Wildman–Crippen LogP) is 2.55. The van der Waals surface area contributed by atoms with Gasteiger partial charge in [-0.15, -0.1) is 0 Å². The minimum Gasteiger partial charge on any atom is -0.384 e. The van der Waals surface area contributed by atoms with E-state index in [9.17, 15) is 0 Å². The van der Waals surface area contributed by atoms with E-state index >= 15 is 0 Å². The third kappa shape index (κ3) is 2.63. The zero-order valence-electron chi connectivity index (χ0n) is 11.9. The largest absolute Gasteiger partial charge is 0.384 e. The maximum Gasteiger partial charge on any atom is 0.0724 e. The van der Waals surface area contributed by atoms with Gasteiger partial charge in [0.2, 0.25) is 0 Å². The summed E-state index contributed by atoms with van der Waals surface area (Å²) in [5.74, 6) is 1.32. The molecule has 3 atom stereocenters. The number of piperidine rings is 1. The molecule has 0 aliphatic carbocycles. The predicted molar refractivity (Wildman–Crippen MR) is 78.7 cm³/mol. The number of para-hydroxylation sites is 1. The van der Waals surface area contributed by atoms with Crippen LogP contribution in [0.25, 0.3) is 0 Å². The Morgan fingerprint density at radius 2 is 2.21 bits per heavy atom. The fraction of sp³-hybridized carbons (Fsp3) is 0.625. The first-order valence-corrected chi connectivity index (χ1v) is 7.36. The summed E-state index contributed by atoms with van der Waals surface area (Å²) in [6.45, 7) is 6.81. The van der Waals surface area contributed by atoms with Crippen molar-refractivity contribution in [3.8, 4) is 0 Å². The number of nitrogens with zero attached hydrogens (tertiary/aromatic N) is 1. The van der Waals surface area contributed by atoms with E-state index in [2.05, 4.69) is 41.4 Å². The third-order valence-electron chi connectivity index (χ3n) is 4.69. The van der Waals surface area contributed by atoms with Gasteiger partial charge >= 0.3 is 0 Å². The zero-order valence-corrected chi connectivity index (χ0v) is 11.9. The molecule has 2 aliphatic rings. The van der Waals surface area contributed by atoms with Crippen molar-refractivity contribution < 1.29 is 4.74 Å². The maximum absolute atomic E-state index is 5.61. The molecule has 104 valence electrons. The lowest BCUT2D eigenvalue weighted by Gasteiger charge is -2.37. The SMILES string of the molecule is COC1CN(CC2CNc3ccccc32)CCC1C. The van der Waals surface area contributed by atoms with Gasteiger partial charge in [-0.3, -0.25) is 0 Å². The fourth-order valence-corrected chi connectivity index (χ4v) is 3.40. The Labute approximate surface area is 115 Å². The van der Waals surface area contributed by atoms with Gasteiger partial charge in [0, 0.05) is 38.3 Å². The molecular weight excluding hydrogens is 236 g/mol. The van der Waals surface area contributed by atoms with Crippen molar-refractivity contribution in [2.75, 3.05) is 38.6 Å². The molecule has 1 aromatic carbocycles. The molecule has 0 aromatic heterocycles. The van der Waals surface area contributed by atoms with Crippen LogP contribution in [0.3, 0.4) is 0 Å². The fourth-order valence-electron chi connectivity index (χ4n) is 3.40. The van der Waals surface area contributed by atoms with E-state index in [4.69, 9.17) is 4.74 Å². The summed E-state index contributed by atoms with van der Waals surface area (Å²) in [6.07, 6.45) is 1.65. The van der Waals surface area contributed by atoms with Crippen LogP contribution in [0.15, 0.2) is 24.3 Å². The van der Waals surface area contributed by atoms with Gasteiger partial charge < -0.3 is 15.0 Å². The molecule has 1 fully saturated rings. The lowest BCUT2D eigenvalue weighted by molar-refractivity contribution is -0.00612. The normalized spacial score (nSPS) is 30.9. The van der Waals surface area contributed by atoms with Gasteiger partial charge in [0.25, 0.3) is 0 Å². The Hall–Kier alpha value is -1.06. The molecule has 3 unspecified atom stereocenters. The van der Waals surface area contributed by atoms with Crippen LogP contribution in [0.2, 0.25) is 0 Å². The van der Waals surface area contributed by atoms with Gasteiger partial charge in [0.05, 0.1) is 6.10 Å². The Bertz CT molecular complexity index is 435. The number of fused-ring (bicyclic) bond motifs is 1. The number of rotatable bonds is 3. The van der Waals surface area contributed by atoms with Crippen molar-refractivity contribution >= 4 is 5.69 Å². The van der Waals surface area contributed by atoms with Crippen LogP contribution in [0, 0.1) is 5.92 Å². The average Bonchev–Trinajstić information content (AvgIpc) is 2.84. The molecule has 3 rings (SSSR count). The second kappa shape index (κ2) is 5.51. The topological polar surface area (TPSA) is 24.5 Å². The molecule has 3 heteroatoms. The first-order valence-electron chi connectivity index (χ1n) is 7.36. The number of anilines is 1. The van der Waals surface area contributed by atoms with Crippen LogP contribution < -0.4 is 5.32 Å².